The molecular formula is C17H27NO. The Bertz CT molecular complexity index is 363. The minimum absolute atomic E-state index is 0.758. The van der Waals surface area contributed by atoms with Gasteiger partial charge in [0.2, 0.25) is 0 Å². The summed E-state index contributed by atoms with van der Waals surface area (Å²) in [6.45, 7) is 6.12. The number of hydrogen-bond donors (Lipinski definition) is 1. The van der Waals surface area contributed by atoms with E-state index in [9.17, 15) is 0 Å². The first-order valence-corrected chi connectivity index (χ1v) is 7.70. The lowest BCUT2D eigenvalue weighted by Crippen LogP contribution is -2.32. The number of nitrogens with one attached hydrogen (secondary N) is 1. The summed E-state index contributed by atoms with van der Waals surface area (Å²) < 4.78 is 5.92. The van der Waals surface area contributed by atoms with E-state index in [1.54, 1.807) is 0 Å². The van der Waals surface area contributed by atoms with Crippen molar-refractivity contribution in [2.45, 2.75) is 58.4 Å². The average molecular weight is 261 g/mol. The minimum Gasteiger partial charge on any atom is -0.493 e. The lowest BCUT2D eigenvalue weighted by atomic mass is 9.95. The molecule has 0 aliphatic heterocycles. The predicted octanol–water partition coefficient (Wildman–Crippen LogP) is 3.99. The van der Waals surface area contributed by atoms with Gasteiger partial charge in [-0.15, -0.1) is 0 Å². The Kier molecular flexibility index (Phi) is 5.71. The van der Waals surface area contributed by atoms with Gasteiger partial charge < -0.3 is 10.1 Å². The van der Waals surface area contributed by atoms with Gasteiger partial charge >= 0.3 is 0 Å². The second kappa shape index (κ2) is 7.54. The van der Waals surface area contributed by atoms with Crippen LogP contribution in [-0.4, -0.2) is 19.2 Å². The van der Waals surface area contributed by atoms with Gasteiger partial charge in [-0.2, -0.15) is 0 Å². The third-order valence-electron chi connectivity index (χ3n) is 4.01. The Morgan fingerprint density at radius 1 is 1.11 bits per heavy atom. The fraction of sp³-hybridized carbons (Fsp3) is 0.647. The summed E-state index contributed by atoms with van der Waals surface area (Å²) in [5, 5.41) is 3.66. The van der Waals surface area contributed by atoms with Crippen LogP contribution in [0.2, 0.25) is 0 Å². The number of rotatable bonds is 6. The first kappa shape index (κ1) is 14.4. The van der Waals surface area contributed by atoms with Crippen molar-refractivity contribution in [3.8, 4) is 5.75 Å². The zero-order chi connectivity index (χ0) is 13.5. The van der Waals surface area contributed by atoms with Crippen LogP contribution >= 0.6 is 0 Å². The van der Waals surface area contributed by atoms with Crippen LogP contribution in [0.25, 0.3) is 0 Å². The Morgan fingerprint density at radius 2 is 1.79 bits per heavy atom. The van der Waals surface area contributed by atoms with Crippen LogP contribution in [0.1, 0.15) is 49.7 Å². The van der Waals surface area contributed by atoms with Gasteiger partial charge in [-0.05, 0) is 50.8 Å². The fourth-order valence-electron chi connectivity index (χ4n) is 2.89. The van der Waals surface area contributed by atoms with E-state index in [0.29, 0.717) is 0 Å². The number of hydrogen-bond acceptors (Lipinski definition) is 2. The summed E-state index contributed by atoms with van der Waals surface area (Å²) in [6.07, 6.45) is 8.03. The SMILES string of the molecule is Cc1cccc(C)c1OCCCNC1CCCCC1. The summed E-state index contributed by atoms with van der Waals surface area (Å²) in [6, 6.07) is 7.07. The van der Waals surface area contributed by atoms with Gasteiger partial charge in [0.05, 0.1) is 6.61 Å². The third-order valence-corrected chi connectivity index (χ3v) is 4.01. The molecule has 0 radical (unpaired) electrons. The molecule has 1 aliphatic carbocycles. The van der Waals surface area contributed by atoms with Gasteiger partial charge in [0, 0.05) is 6.04 Å². The highest BCUT2D eigenvalue weighted by Gasteiger charge is 2.11. The van der Waals surface area contributed by atoms with E-state index >= 15 is 0 Å². The molecule has 0 bridgehead atoms. The maximum atomic E-state index is 5.92. The molecule has 1 aliphatic rings. The molecule has 1 aromatic carbocycles. The number of benzene rings is 1. The lowest BCUT2D eigenvalue weighted by molar-refractivity contribution is 0.293. The molecule has 0 spiro atoms. The van der Waals surface area contributed by atoms with Gasteiger partial charge in [-0.3, -0.25) is 0 Å². The molecule has 0 saturated heterocycles. The molecule has 2 rings (SSSR count). The maximum Gasteiger partial charge on any atom is 0.125 e. The van der Waals surface area contributed by atoms with E-state index < -0.39 is 0 Å². The number of ether oxygens (including phenoxy) is 1. The van der Waals surface area contributed by atoms with Crippen molar-refractivity contribution in [3.05, 3.63) is 29.3 Å². The first-order valence-electron chi connectivity index (χ1n) is 7.70. The third kappa shape index (κ3) is 4.54. The largest absolute Gasteiger partial charge is 0.493 e. The highest BCUT2D eigenvalue weighted by Crippen LogP contribution is 2.22. The molecule has 2 heteroatoms. The van der Waals surface area contributed by atoms with E-state index in [1.807, 2.05) is 0 Å². The van der Waals surface area contributed by atoms with E-state index in [2.05, 4.69) is 37.4 Å². The van der Waals surface area contributed by atoms with Crippen molar-refractivity contribution in [2.24, 2.45) is 0 Å². The van der Waals surface area contributed by atoms with Crippen molar-refractivity contribution < 1.29 is 4.74 Å². The summed E-state index contributed by atoms with van der Waals surface area (Å²) >= 11 is 0. The second-order valence-electron chi connectivity index (χ2n) is 5.71. The normalized spacial score (nSPS) is 16.5. The van der Waals surface area contributed by atoms with Crippen molar-refractivity contribution >= 4 is 0 Å². The summed E-state index contributed by atoms with van der Waals surface area (Å²) in [7, 11) is 0. The monoisotopic (exact) mass is 261 g/mol. The molecular weight excluding hydrogens is 234 g/mol. The molecule has 0 unspecified atom stereocenters. The molecule has 2 nitrogen and oxygen atoms in total. The summed E-state index contributed by atoms with van der Waals surface area (Å²) in [4.78, 5) is 0. The Hall–Kier alpha value is -1.02. The van der Waals surface area contributed by atoms with Crippen LogP contribution in [0, 0.1) is 13.8 Å². The quantitative estimate of drug-likeness (QED) is 0.782. The highest BCUT2D eigenvalue weighted by molar-refractivity contribution is 5.39. The van der Waals surface area contributed by atoms with Crippen molar-refractivity contribution in [1.82, 2.24) is 5.32 Å². The van der Waals surface area contributed by atoms with Gasteiger partial charge in [-0.25, -0.2) is 0 Å². The van der Waals surface area contributed by atoms with Gasteiger partial charge in [0.1, 0.15) is 5.75 Å². The Labute approximate surface area is 117 Å². The van der Waals surface area contributed by atoms with Gasteiger partial charge in [-0.1, -0.05) is 37.5 Å². The molecule has 1 aromatic rings. The van der Waals surface area contributed by atoms with Crippen molar-refractivity contribution in [3.63, 3.8) is 0 Å². The van der Waals surface area contributed by atoms with Crippen molar-refractivity contribution in [1.29, 1.82) is 0 Å². The number of aryl methyl sites for hydroxylation is 2. The van der Waals surface area contributed by atoms with Crippen LogP contribution in [0.3, 0.4) is 0 Å². The summed E-state index contributed by atoms with van der Waals surface area (Å²) in [5.41, 5.74) is 2.47. The summed E-state index contributed by atoms with van der Waals surface area (Å²) in [5.74, 6) is 1.07. The predicted molar refractivity (Wildman–Crippen MR) is 80.9 cm³/mol. The molecule has 0 amide bonds. The van der Waals surface area contributed by atoms with Gasteiger partial charge in [0.15, 0.2) is 0 Å². The second-order valence-corrected chi connectivity index (χ2v) is 5.71. The van der Waals surface area contributed by atoms with Gasteiger partial charge in [0.25, 0.3) is 0 Å². The molecule has 19 heavy (non-hydrogen) atoms. The zero-order valence-corrected chi connectivity index (χ0v) is 12.4. The molecule has 1 saturated carbocycles. The molecule has 106 valence electrons. The van der Waals surface area contributed by atoms with E-state index in [4.69, 9.17) is 4.74 Å². The molecule has 1 fully saturated rings. The average Bonchev–Trinajstić information content (AvgIpc) is 2.42. The van der Waals surface area contributed by atoms with Crippen LogP contribution < -0.4 is 10.1 Å². The smallest absolute Gasteiger partial charge is 0.125 e. The highest BCUT2D eigenvalue weighted by atomic mass is 16.5. The fourth-order valence-corrected chi connectivity index (χ4v) is 2.89. The molecule has 0 heterocycles. The molecule has 1 N–H and O–H groups in total. The lowest BCUT2D eigenvalue weighted by Gasteiger charge is -2.22. The van der Waals surface area contributed by atoms with Crippen LogP contribution in [0.15, 0.2) is 18.2 Å². The minimum atomic E-state index is 0.758. The number of para-hydroxylation sites is 1. The van der Waals surface area contributed by atoms with Crippen LogP contribution in [0.4, 0.5) is 0 Å². The van der Waals surface area contributed by atoms with E-state index in [0.717, 1.165) is 31.4 Å². The Balaban J connectivity index is 1.63. The van der Waals surface area contributed by atoms with E-state index in [1.165, 1.54) is 43.2 Å². The van der Waals surface area contributed by atoms with Crippen molar-refractivity contribution in [2.75, 3.05) is 13.2 Å². The topological polar surface area (TPSA) is 21.3 Å². The molecule has 0 atom stereocenters. The molecule has 0 aromatic heterocycles. The van der Waals surface area contributed by atoms with E-state index in [-0.39, 0.29) is 0 Å². The Morgan fingerprint density at radius 3 is 2.47 bits per heavy atom. The van der Waals surface area contributed by atoms with Crippen LogP contribution in [0.5, 0.6) is 5.75 Å². The maximum absolute atomic E-state index is 5.92. The van der Waals surface area contributed by atoms with Crippen LogP contribution in [-0.2, 0) is 0 Å². The first-order chi connectivity index (χ1) is 9.27. The zero-order valence-electron chi connectivity index (χ0n) is 12.4. The standard InChI is InChI=1S/C17H27NO/c1-14-8-6-9-15(2)17(14)19-13-7-12-18-16-10-4-3-5-11-16/h6,8-9,16,18H,3-5,7,10-13H2,1-2H3.